The van der Waals surface area contributed by atoms with Gasteiger partial charge in [0.15, 0.2) is 0 Å². The Labute approximate surface area is 120 Å². The van der Waals surface area contributed by atoms with Gasteiger partial charge in [-0.2, -0.15) is 0 Å². The van der Waals surface area contributed by atoms with Crippen molar-refractivity contribution < 1.29 is 4.74 Å². The molecule has 104 valence electrons. The third kappa shape index (κ3) is 2.44. The number of nitrogens with one attached hydrogen (secondary N) is 1. The number of methoxy groups -OCH3 is 1. The maximum atomic E-state index is 5.36. The van der Waals surface area contributed by atoms with E-state index < -0.39 is 0 Å². The number of ether oxygens (including phenoxy) is 1. The van der Waals surface area contributed by atoms with Gasteiger partial charge in [0, 0.05) is 6.04 Å². The minimum atomic E-state index is 0.264. The largest absolute Gasteiger partial charge is 0.497 e. The zero-order valence-corrected chi connectivity index (χ0v) is 12.1. The maximum absolute atomic E-state index is 5.36. The molecular weight excluding hydrogens is 246 g/mol. The Balaban J connectivity index is 2.03. The SMILES string of the molecule is CCC1Cc2ccccc2C(c2cccc(OC)c2)N1. The fraction of sp³-hybridized carbons (Fsp3) is 0.333. The smallest absolute Gasteiger partial charge is 0.119 e. The Bertz CT molecular complexity index is 593. The molecule has 1 N–H and O–H groups in total. The molecule has 2 aromatic rings. The Hall–Kier alpha value is -1.80. The van der Waals surface area contributed by atoms with E-state index in [-0.39, 0.29) is 6.04 Å². The first-order chi connectivity index (χ1) is 9.81. The zero-order chi connectivity index (χ0) is 13.9. The summed E-state index contributed by atoms with van der Waals surface area (Å²) in [4.78, 5) is 0. The molecule has 2 nitrogen and oxygen atoms in total. The predicted octanol–water partition coefficient (Wildman–Crippen LogP) is 3.71. The third-order valence-corrected chi connectivity index (χ3v) is 4.15. The quantitative estimate of drug-likeness (QED) is 0.915. The summed E-state index contributed by atoms with van der Waals surface area (Å²) < 4.78 is 5.36. The summed E-state index contributed by atoms with van der Waals surface area (Å²) in [6.07, 6.45) is 2.27. The first-order valence-electron chi connectivity index (χ1n) is 7.29. The average Bonchev–Trinajstić information content (AvgIpc) is 2.53. The molecule has 2 heteroatoms. The molecule has 0 aromatic heterocycles. The third-order valence-electron chi connectivity index (χ3n) is 4.15. The van der Waals surface area contributed by atoms with Gasteiger partial charge in [-0.25, -0.2) is 0 Å². The molecule has 1 aliphatic rings. The van der Waals surface area contributed by atoms with Crippen molar-refractivity contribution in [1.82, 2.24) is 5.32 Å². The Morgan fingerprint density at radius 2 is 2.00 bits per heavy atom. The van der Waals surface area contributed by atoms with Crippen LogP contribution >= 0.6 is 0 Å². The highest BCUT2D eigenvalue weighted by molar-refractivity contribution is 5.42. The first-order valence-corrected chi connectivity index (χ1v) is 7.29. The van der Waals surface area contributed by atoms with Gasteiger partial charge >= 0.3 is 0 Å². The molecule has 1 aliphatic heterocycles. The van der Waals surface area contributed by atoms with Crippen molar-refractivity contribution >= 4 is 0 Å². The Morgan fingerprint density at radius 1 is 1.15 bits per heavy atom. The van der Waals surface area contributed by atoms with Gasteiger partial charge in [0.05, 0.1) is 13.2 Å². The van der Waals surface area contributed by atoms with Crippen LogP contribution < -0.4 is 10.1 Å². The van der Waals surface area contributed by atoms with E-state index >= 15 is 0 Å². The van der Waals surface area contributed by atoms with Crippen LogP contribution in [0, 0.1) is 0 Å². The zero-order valence-electron chi connectivity index (χ0n) is 12.1. The molecular formula is C18H21NO. The van der Waals surface area contributed by atoms with Gasteiger partial charge in [0.1, 0.15) is 5.75 Å². The van der Waals surface area contributed by atoms with Crippen molar-refractivity contribution in [1.29, 1.82) is 0 Å². The van der Waals surface area contributed by atoms with Crippen LogP contribution in [-0.4, -0.2) is 13.2 Å². The van der Waals surface area contributed by atoms with Crippen molar-refractivity contribution in [3.05, 3.63) is 65.2 Å². The van der Waals surface area contributed by atoms with E-state index in [2.05, 4.69) is 54.7 Å². The Kier molecular flexibility index (Phi) is 3.75. The summed E-state index contributed by atoms with van der Waals surface area (Å²) in [5.41, 5.74) is 4.13. The lowest BCUT2D eigenvalue weighted by Gasteiger charge is -2.33. The van der Waals surface area contributed by atoms with Gasteiger partial charge in [0.2, 0.25) is 0 Å². The number of hydrogen-bond acceptors (Lipinski definition) is 2. The molecule has 0 saturated carbocycles. The number of benzene rings is 2. The van der Waals surface area contributed by atoms with Crippen molar-refractivity contribution in [2.45, 2.75) is 31.8 Å². The van der Waals surface area contributed by atoms with Crippen molar-refractivity contribution in [2.75, 3.05) is 7.11 Å². The summed E-state index contributed by atoms with van der Waals surface area (Å²) in [5.74, 6) is 0.917. The molecule has 0 fully saturated rings. The van der Waals surface area contributed by atoms with Gasteiger partial charge in [-0.3, -0.25) is 0 Å². The van der Waals surface area contributed by atoms with E-state index in [0.717, 1.165) is 18.6 Å². The number of rotatable bonds is 3. The standard InChI is InChI=1S/C18H21NO/c1-3-15-11-13-7-4-5-10-17(13)18(19-15)14-8-6-9-16(12-14)20-2/h4-10,12,15,18-19H,3,11H2,1-2H3. The molecule has 2 unspecified atom stereocenters. The molecule has 0 radical (unpaired) electrons. The van der Waals surface area contributed by atoms with Crippen LogP contribution in [0.2, 0.25) is 0 Å². The normalized spacial score (nSPS) is 21.3. The lowest BCUT2D eigenvalue weighted by molar-refractivity contribution is 0.408. The van der Waals surface area contributed by atoms with Gasteiger partial charge in [-0.05, 0) is 41.7 Å². The molecule has 0 amide bonds. The van der Waals surface area contributed by atoms with Crippen LogP contribution in [0.25, 0.3) is 0 Å². The molecule has 20 heavy (non-hydrogen) atoms. The van der Waals surface area contributed by atoms with Gasteiger partial charge in [0.25, 0.3) is 0 Å². The molecule has 0 spiro atoms. The fourth-order valence-corrected chi connectivity index (χ4v) is 3.01. The fourth-order valence-electron chi connectivity index (χ4n) is 3.01. The Morgan fingerprint density at radius 3 is 2.80 bits per heavy atom. The lowest BCUT2D eigenvalue weighted by Crippen LogP contribution is -2.39. The second-order valence-corrected chi connectivity index (χ2v) is 5.38. The number of fused-ring (bicyclic) bond motifs is 1. The molecule has 0 saturated heterocycles. The van der Waals surface area contributed by atoms with E-state index in [4.69, 9.17) is 4.74 Å². The van der Waals surface area contributed by atoms with Gasteiger partial charge in [-0.1, -0.05) is 43.3 Å². The summed E-state index contributed by atoms with van der Waals surface area (Å²) in [6.45, 7) is 2.24. The summed E-state index contributed by atoms with van der Waals surface area (Å²) in [5, 5.41) is 3.77. The van der Waals surface area contributed by atoms with Crippen LogP contribution in [0.15, 0.2) is 48.5 Å². The average molecular weight is 267 g/mol. The van der Waals surface area contributed by atoms with Crippen LogP contribution in [0.1, 0.15) is 36.1 Å². The van der Waals surface area contributed by atoms with Crippen molar-refractivity contribution in [2.24, 2.45) is 0 Å². The topological polar surface area (TPSA) is 21.3 Å². The molecule has 0 aliphatic carbocycles. The molecule has 1 heterocycles. The van der Waals surface area contributed by atoms with Crippen LogP contribution in [0.4, 0.5) is 0 Å². The second kappa shape index (κ2) is 5.68. The minimum absolute atomic E-state index is 0.264. The van der Waals surface area contributed by atoms with E-state index in [1.165, 1.54) is 16.7 Å². The monoisotopic (exact) mass is 267 g/mol. The molecule has 0 bridgehead atoms. The highest BCUT2D eigenvalue weighted by atomic mass is 16.5. The highest BCUT2D eigenvalue weighted by Crippen LogP contribution is 2.32. The molecule has 3 rings (SSSR count). The minimum Gasteiger partial charge on any atom is -0.497 e. The second-order valence-electron chi connectivity index (χ2n) is 5.38. The van der Waals surface area contributed by atoms with E-state index in [9.17, 15) is 0 Å². The molecule has 2 aromatic carbocycles. The van der Waals surface area contributed by atoms with E-state index in [0.29, 0.717) is 6.04 Å². The highest BCUT2D eigenvalue weighted by Gasteiger charge is 2.26. The first kappa shape index (κ1) is 13.2. The van der Waals surface area contributed by atoms with E-state index in [1.807, 2.05) is 6.07 Å². The molecule has 2 atom stereocenters. The van der Waals surface area contributed by atoms with Crippen molar-refractivity contribution in [3.8, 4) is 5.75 Å². The van der Waals surface area contributed by atoms with Gasteiger partial charge < -0.3 is 10.1 Å². The summed E-state index contributed by atoms with van der Waals surface area (Å²) in [7, 11) is 1.72. The van der Waals surface area contributed by atoms with Crippen molar-refractivity contribution in [3.63, 3.8) is 0 Å². The van der Waals surface area contributed by atoms with Crippen LogP contribution in [0.3, 0.4) is 0 Å². The summed E-state index contributed by atoms with van der Waals surface area (Å²) in [6, 6.07) is 17.9. The number of hydrogen-bond donors (Lipinski definition) is 1. The summed E-state index contributed by atoms with van der Waals surface area (Å²) >= 11 is 0. The maximum Gasteiger partial charge on any atom is 0.119 e. The van der Waals surface area contributed by atoms with Crippen LogP contribution in [0.5, 0.6) is 5.75 Å². The lowest BCUT2D eigenvalue weighted by atomic mass is 9.86. The van der Waals surface area contributed by atoms with E-state index in [1.54, 1.807) is 7.11 Å². The van der Waals surface area contributed by atoms with Gasteiger partial charge in [-0.15, -0.1) is 0 Å². The predicted molar refractivity (Wildman–Crippen MR) is 82.2 cm³/mol. The van der Waals surface area contributed by atoms with Crippen LogP contribution in [-0.2, 0) is 6.42 Å².